The van der Waals surface area contributed by atoms with Crippen LogP contribution in [0.4, 0.5) is 5.69 Å². The zero-order valence-corrected chi connectivity index (χ0v) is 12.4. The van der Waals surface area contributed by atoms with E-state index in [1.807, 2.05) is 42.5 Å². The van der Waals surface area contributed by atoms with Crippen molar-refractivity contribution < 1.29 is 9.32 Å². The van der Waals surface area contributed by atoms with Crippen molar-refractivity contribution in [3.8, 4) is 11.3 Å². The van der Waals surface area contributed by atoms with Gasteiger partial charge in [-0.15, -0.1) is 0 Å². The second kappa shape index (κ2) is 7.22. The maximum absolute atomic E-state index is 12.0. The first-order valence-corrected chi connectivity index (χ1v) is 7.27. The number of hydrogen-bond donors (Lipinski definition) is 2. The van der Waals surface area contributed by atoms with E-state index in [1.54, 1.807) is 18.5 Å². The molecule has 0 aliphatic rings. The van der Waals surface area contributed by atoms with Gasteiger partial charge in [-0.05, 0) is 12.1 Å². The Morgan fingerprint density at radius 2 is 1.96 bits per heavy atom. The first-order chi connectivity index (χ1) is 11.3. The Labute approximate surface area is 133 Å². The molecule has 23 heavy (non-hydrogen) atoms. The minimum atomic E-state index is -0.260. The first kappa shape index (κ1) is 14.8. The molecule has 0 spiro atoms. The van der Waals surface area contributed by atoms with E-state index in [-0.39, 0.29) is 11.6 Å². The van der Waals surface area contributed by atoms with Crippen LogP contribution in [-0.2, 0) is 0 Å². The third-order valence-corrected chi connectivity index (χ3v) is 3.20. The lowest BCUT2D eigenvalue weighted by molar-refractivity contribution is 0.0946. The number of rotatable bonds is 6. The van der Waals surface area contributed by atoms with Crippen LogP contribution in [0, 0.1) is 0 Å². The highest BCUT2D eigenvalue weighted by molar-refractivity contribution is 5.93. The molecule has 3 rings (SSSR count). The first-order valence-electron chi connectivity index (χ1n) is 7.27. The molecule has 2 heterocycles. The predicted octanol–water partition coefficient (Wildman–Crippen LogP) is 2.58. The normalized spacial score (nSPS) is 10.3. The maximum Gasteiger partial charge on any atom is 0.273 e. The van der Waals surface area contributed by atoms with Crippen LogP contribution in [0.3, 0.4) is 0 Å². The van der Waals surface area contributed by atoms with Crippen molar-refractivity contribution in [3.63, 3.8) is 0 Å². The molecule has 0 unspecified atom stereocenters. The monoisotopic (exact) mass is 308 g/mol. The highest BCUT2D eigenvalue weighted by Gasteiger charge is 2.12. The van der Waals surface area contributed by atoms with Gasteiger partial charge >= 0.3 is 0 Å². The number of pyridine rings is 1. The van der Waals surface area contributed by atoms with Crippen LogP contribution in [-0.4, -0.2) is 29.1 Å². The summed E-state index contributed by atoms with van der Waals surface area (Å²) in [6.07, 6.45) is 3.44. The van der Waals surface area contributed by atoms with Gasteiger partial charge in [0, 0.05) is 37.1 Å². The fraction of sp³-hybridized carbons (Fsp3) is 0.118. The van der Waals surface area contributed by atoms with E-state index < -0.39 is 0 Å². The molecular weight excluding hydrogens is 292 g/mol. The summed E-state index contributed by atoms with van der Waals surface area (Å²) in [5.74, 6) is 0.313. The van der Waals surface area contributed by atoms with Gasteiger partial charge in [0.05, 0.1) is 5.69 Å². The van der Waals surface area contributed by atoms with Crippen LogP contribution in [0.2, 0.25) is 0 Å². The van der Waals surface area contributed by atoms with Crippen molar-refractivity contribution in [1.29, 1.82) is 0 Å². The molecule has 2 aromatic heterocycles. The highest BCUT2D eigenvalue weighted by atomic mass is 16.5. The third-order valence-electron chi connectivity index (χ3n) is 3.20. The Balaban J connectivity index is 1.50. The molecule has 116 valence electrons. The van der Waals surface area contributed by atoms with Gasteiger partial charge in [0.2, 0.25) is 0 Å². The van der Waals surface area contributed by atoms with Crippen LogP contribution in [0.25, 0.3) is 11.3 Å². The van der Waals surface area contributed by atoms with Crippen molar-refractivity contribution in [2.45, 2.75) is 0 Å². The summed E-state index contributed by atoms with van der Waals surface area (Å²) in [5, 5.41) is 9.76. The molecule has 0 radical (unpaired) electrons. The molecule has 0 saturated carbocycles. The number of carbonyl (C=O) groups excluding carboxylic acids is 1. The molecule has 6 nitrogen and oxygen atoms in total. The zero-order valence-electron chi connectivity index (χ0n) is 12.4. The highest BCUT2D eigenvalue weighted by Crippen LogP contribution is 2.19. The summed E-state index contributed by atoms with van der Waals surface area (Å²) < 4.78 is 5.21. The van der Waals surface area contributed by atoms with Gasteiger partial charge in [-0.1, -0.05) is 35.5 Å². The van der Waals surface area contributed by atoms with E-state index >= 15 is 0 Å². The summed E-state index contributed by atoms with van der Waals surface area (Å²) in [4.78, 5) is 16.0. The number of carbonyl (C=O) groups is 1. The van der Waals surface area contributed by atoms with E-state index in [0.29, 0.717) is 18.8 Å². The molecule has 1 aromatic carbocycles. The smallest absolute Gasteiger partial charge is 0.273 e. The van der Waals surface area contributed by atoms with Crippen molar-refractivity contribution in [2.75, 3.05) is 18.4 Å². The molecule has 0 aliphatic carbocycles. The topological polar surface area (TPSA) is 80.0 Å². The van der Waals surface area contributed by atoms with E-state index in [0.717, 1.165) is 11.3 Å². The van der Waals surface area contributed by atoms with Gasteiger partial charge in [0.1, 0.15) is 0 Å². The molecule has 2 N–H and O–H groups in total. The average molecular weight is 308 g/mol. The standard InChI is InChI=1S/C17H16N4O2/c22-17(20-10-9-19-14-7-4-8-18-12-14)15-11-16(23-21-15)13-5-2-1-3-6-13/h1-8,11-12,19H,9-10H2,(H,20,22). The van der Waals surface area contributed by atoms with Crippen molar-refractivity contribution >= 4 is 11.6 Å². The van der Waals surface area contributed by atoms with Crippen LogP contribution in [0.1, 0.15) is 10.5 Å². The lowest BCUT2D eigenvalue weighted by Crippen LogP contribution is -2.28. The van der Waals surface area contributed by atoms with E-state index in [2.05, 4.69) is 20.8 Å². The molecule has 6 heteroatoms. The van der Waals surface area contributed by atoms with Crippen LogP contribution < -0.4 is 10.6 Å². The second-order valence-corrected chi connectivity index (χ2v) is 4.87. The Kier molecular flexibility index (Phi) is 4.63. The molecular formula is C17H16N4O2. The summed E-state index contributed by atoms with van der Waals surface area (Å²) in [6.45, 7) is 1.07. The number of benzene rings is 1. The van der Waals surface area contributed by atoms with Crippen molar-refractivity contribution in [1.82, 2.24) is 15.5 Å². The Morgan fingerprint density at radius 3 is 2.74 bits per heavy atom. The number of nitrogens with one attached hydrogen (secondary N) is 2. The van der Waals surface area contributed by atoms with Crippen LogP contribution in [0.5, 0.6) is 0 Å². The zero-order chi connectivity index (χ0) is 15.9. The summed E-state index contributed by atoms with van der Waals surface area (Å²) in [7, 11) is 0. The van der Waals surface area contributed by atoms with Crippen LogP contribution >= 0.6 is 0 Å². The number of aromatic nitrogens is 2. The second-order valence-electron chi connectivity index (χ2n) is 4.87. The third kappa shape index (κ3) is 3.94. The number of hydrogen-bond acceptors (Lipinski definition) is 5. The molecule has 0 aliphatic heterocycles. The molecule has 3 aromatic rings. The molecule has 1 amide bonds. The van der Waals surface area contributed by atoms with Gasteiger partial charge in [0.25, 0.3) is 5.91 Å². The molecule has 0 atom stereocenters. The van der Waals surface area contributed by atoms with E-state index in [1.165, 1.54) is 0 Å². The largest absolute Gasteiger partial charge is 0.382 e. The van der Waals surface area contributed by atoms with Crippen molar-refractivity contribution in [3.05, 3.63) is 66.6 Å². The average Bonchev–Trinajstić information content (AvgIpc) is 3.10. The minimum Gasteiger partial charge on any atom is -0.382 e. The Hall–Kier alpha value is -3.15. The SMILES string of the molecule is O=C(NCCNc1cccnc1)c1cc(-c2ccccc2)on1. The number of nitrogens with zero attached hydrogens (tertiary/aromatic N) is 2. The van der Waals surface area contributed by atoms with Gasteiger partial charge in [-0.3, -0.25) is 9.78 Å². The Morgan fingerprint density at radius 1 is 1.09 bits per heavy atom. The quantitative estimate of drug-likeness (QED) is 0.684. The summed E-state index contributed by atoms with van der Waals surface area (Å²) in [6, 6.07) is 14.9. The molecule has 0 saturated heterocycles. The minimum absolute atomic E-state index is 0.260. The summed E-state index contributed by atoms with van der Waals surface area (Å²) in [5.41, 5.74) is 2.07. The fourth-order valence-corrected chi connectivity index (χ4v) is 2.06. The summed E-state index contributed by atoms with van der Waals surface area (Å²) >= 11 is 0. The van der Waals surface area contributed by atoms with Crippen molar-refractivity contribution in [2.24, 2.45) is 0 Å². The van der Waals surface area contributed by atoms with Crippen LogP contribution in [0.15, 0.2) is 65.4 Å². The number of amides is 1. The van der Waals surface area contributed by atoms with Gasteiger partial charge in [-0.2, -0.15) is 0 Å². The van der Waals surface area contributed by atoms with Gasteiger partial charge in [0.15, 0.2) is 11.5 Å². The lowest BCUT2D eigenvalue weighted by Gasteiger charge is -2.06. The molecule has 0 fully saturated rings. The fourth-order valence-electron chi connectivity index (χ4n) is 2.06. The molecule has 0 bridgehead atoms. The predicted molar refractivity (Wildman–Crippen MR) is 87.0 cm³/mol. The lowest BCUT2D eigenvalue weighted by atomic mass is 10.1. The van der Waals surface area contributed by atoms with E-state index in [9.17, 15) is 4.79 Å². The van der Waals surface area contributed by atoms with E-state index in [4.69, 9.17) is 4.52 Å². The van der Waals surface area contributed by atoms with Gasteiger partial charge in [-0.25, -0.2) is 0 Å². The Bertz CT molecular complexity index is 757. The number of anilines is 1. The maximum atomic E-state index is 12.0. The van der Waals surface area contributed by atoms with Gasteiger partial charge < -0.3 is 15.2 Å².